The fourth-order valence-corrected chi connectivity index (χ4v) is 1.15. The first kappa shape index (κ1) is 16.1. The van der Waals surface area contributed by atoms with E-state index in [1.165, 1.54) is 6.08 Å². The minimum absolute atomic E-state index is 0.283. The van der Waals surface area contributed by atoms with Gasteiger partial charge in [0.25, 0.3) is 0 Å². The van der Waals surface area contributed by atoms with Gasteiger partial charge in [-0.15, -0.1) is 0 Å². The molecule has 0 spiro atoms. The molecule has 0 heterocycles. The van der Waals surface area contributed by atoms with Crippen LogP contribution in [0.2, 0.25) is 0 Å². The van der Waals surface area contributed by atoms with Crippen molar-refractivity contribution in [2.75, 3.05) is 32.9 Å². The lowest BCUT2D eigenvalue weighted by molar-refractivity contribution is -0.137. The minimum Gasteiger partial charge on any atom is -0.463 e. The van der Waals surface area contributed by atoms with Gasteiger partial charge in [0.15, 0.2) is 0 Å². The Hall–Kier alpha value is -0.870. The molecule has 0 saturated carbocycles. The molecule has 4 nitrogen and oxygen atoms in total. The molecule has 0 unspecified atom stereocenters. The van der Waals surface area contributed by atoms with Crippen LogP contribution in [0.25, 0.3) is 0 Å². The Morgan fingerprint density at radius 3 is 2.82 bits per heavy atom. The van der Waals surface area contributed by atoms with Crippen LogP contribution in [0.1, 0.15) is 27.2 Å². The van der Waals surface area contributed by atoms with E-state index in [0.29, 0.717) is 19.1 Å². The number of hydrogen-bond donors (Lipinski definition) is 1. The predicted octanol–water partition coefficient (Wildman–Crippen LogP) is 1.76. The zero-order valence-electron chi connectivity index (χ0n) is 11.2. The van der Waals surface area contributed by atoms with Crippen molar-refractivity contribution in [3.05, 3.63) is 12.2 Å². The second-order valence-electron chi connectivity index (χ2n) is 4.18. The van der Waals surface area contributed by atoms with E-state index in [1.54, 1.807) is 13.0 Å². The van der Waals surface area contributed by atoms with Crippen LogP contribution in [-0.2, 0) is 14.3 Å². The van der Waals surface area contributed by atoms with Gasteiger partial charge >= 0.3 is 5.97 Å². The van der Waals surface area contributed by atoms with Crippen molar-refractivity contribution < 1.29 is 14.3 Å². The molecule has 4 heteroatoms. The van der Waals surface area contributed by atoms with E-state index in [4.69, 9.17) is 9.47 Å². The Bertz CT molecular complexity index is 215. The molecule has 0 aromatic rings. The Morgan fingerprint density at radius 1 is 1.41 bits per heavy atom. The van der Waals surface area contributed by atoms with E-state index in [0.717, 1.165) is 26.2 Å². The van der Waals surface area contributed by atoms with Crippen LogP contribution in [0.15, 0.2) is 12.2 Å². The Kier molecular flexibility index (Phi) is 11.0. The zero-order valence-corrected chi connectivity index (χ0v) is 11.2. The lowest BCUT2D eigenvalue weighted by atomic mass is 10.2. The molecule has 0 radical (unpaired) electrons. The van der Waals surface area contributed by atoms with E-state index in [-0.39, 0.29) is 5.97 Å². The Morgan fingerprint density at radius 2 is 2.18 bits per heavy atom. The fourth-order valence-electron chi connectivity index (χ4n) is 1.15. The normalized spacial score (nSPS) is 11.3. The summed E-state index contributed by atoms with van der Waals surface area (Å²) in [5.74, 6) is 0.310. The van der Waals surface area contributed by atoms with Crippen LogP contribution >= 0.6 is 0 Å². The molecule has 0 aliphatic carbocycles. The lowest BCUT2D eigenvalue weighted by Gasteiger charge is -2.06. The molecular formula is C13H25NO3. The van der Waals surface area contributed by atoms with Crippen LogP contribution in [0.3, 0.4) is 0 Å². The molecular weight excluding hydrogens is 218 g/mol. The number of hydrogen-bond acceptors (Lipinski definition) is 4. The average molecular weight is 243 g/mol. The molecule has 0 saturated heterocycles. The summed E-state index contributed by atoms with van der Waals surface area (Å²) in [7, 11) is 0. The van der Waals surface area contributed by atoms with Crippen LogP contribution in [0.4, 0.5) is 0 Å². The van der Waals surface area contributed by atoms with Crippen LogP contribution < -0.4 is 5.32 Å². The molecule has 1 N–H and O–H groups in total. The highest BCUT2D eigenvalue weighted by Crippen LogP contribution is 1.92. The summed E-state index contributed by atoms with van der Waals surface area (Å²) in [4.78, 5) is 10.9. The van der Waals surface area contributed by atoms with Crippen LogP contribution in [-0.4, -0.2) is 38.9 Å². The molecule has 0 aliphatic heterocycles. The first-order valence-electron chi connectivity index (χ1n) is 6.28. The van der Waals surface area contributed by atoms with Gasteiger partial charge in [-0.25, -0.2) is 4.79 Å². The van der Waals surface area contributed by atoms with Crippen molar-refractivity contribution in [1.29, 1.82) is 0 Å². The maximum atomic E-state index is 10.9. The number of ether oxygens (including phenoxy) is 2. The minimum atomic E-state index is -0.283. The van der Waals surface area contributed by atoms with Crippen molar-refractivity contribution in [3.8, 4) is 0 Å². The summed E-state index contributed by atoms with van der Waals surface area (Å²) in [6.45, 7) is 9.67. The van der Waals surface area contributed by atoms with Crippen molar-refractivity contribution >= 4 is 5.97 Å². The molecule has 0 bridgehead atoms. The van der Waals surface area contributed by atoms with Crippen molar-refractivity contribution in [1.82, 2.24) is 5.32 Å². The monoisotopic (exact) mass is 243 g/mol. The molecule has 0 atom stereocenters. The van der Waals surface area contributed by atoms with E-state index in [2.05, 4.69) is 19.2 Å². The van der Waals surface area contributed by atoms with Gasteiger partial charge in [-0.1, -0.05) is 19.9 Å². The summed E-state index contributed by atoms with van der Waals surface area (Å²) in [6.07, 6.45) is 4.21. The van der Waals surface area contributed by atoms with Gasteiger partial charge in [0, 0.05) is 25.8 Å². The third-order valence-electron chi connectivity index (χ3n) is 1.90. The van der Waals surface area contributed by atoms with Crippen LogP contribution in [0.5, 0.6) is 0 Å². The molecule has 0 fully saturated rings. The third-order valence-corrected chi connectivity index (χ3v) is 1.90. The summed E-state index contributed by atoms with van der Waals surface area (Å²) in [5.41, 5.74) is 0. The number of nitrogens with one attached hydrogen (secondary N) is 1. The van der Waals surface area contributed by atoms with Crippen molar-refractivity contribution in [3.63, 3.8) is 0 Å². The van der Waals surface area contributed by atoms with E-state index < -0.39 is 0 Å². The third kappa shape index (κ3) is 13.1. The average Bonchev–Trinajstić information content (AvgIpc) is 2.27. The molecule has 100 valence electrons. The summed E-state index contributed by atoms with van der Waals surface area (Å²) < 4.78 is 10.2. The lowest BCUT2D eigenvalue weighted by Crippen LogP contribution is -2.17. The van der Waals surface area contributed by atoms with E-state index in [9.17, 15) is 4.79 Å². The van der Waals surface area contributed by atoms with Gasteiger partial charge < -0.3 is 14.8 Å². The second kappa shape index (κ2) is 11.6. The van der Waals surface area contributed by atoms with Gasteiger partial charge in [0.1, 0.15) is 0 Å². The second-order valence-corrected chi connectivity index (χ2v) is 4.18. The highest BCUT2D eigenvalue weighted by molar-refractivity contribution is 5.81. The van der Waals surface area contributed by atoms with Crippen molar-refractivity contribution in [2.24, 2.45) is 5.92 Å². The smallest absolute Gasteiger partial charge is 0.330 e. The fraction of sp³-hybridized carbons (Fsp3) is 0.769. The number of carbonyl (C=O) groups is 1. The number of esters is 1. The van der Waals surface area contributed by atoms with Gasteiger partial charge in [-0.2, -0.15) is 0 Å². The Labute approximate surface area is 104 Å². The van der Waals surface area contributed by atoms with Crippen molar-refractivity contribution in [2.45, 2.75) is 27.2 Å². The zero-order chi connectivity index (χ0) is 12.9. The summed E-state index contributed by atoms with van der Waals surface area (Å²) in [5, 5.41) is 3.20. The summed E-state index contributed by atoms with van der Waals surface area (Å²) in [6, 6.07) is 0. The molecule has 0 aromatic carbocycles. The summed E-state index contributed by atoms with van der Waals surface area (Å²) >= 11 is 0. The largest absolute Gasteiger partial charge is 0.463 e. The predicted molar refractivity (Wildman–Crippen MR) is 68.9 cm³/mol. The number of rotatable bonds is 10. The van der Waals surface area contributed by atoms with Crippen LogP contribution in [0, 0.1) is 5.92 Å². The van der Waals surface area contributed by atoms with Gasteiger partial charge in [0.05, 0.1) is 6.61 Å². The maximum Gasteiger partial charge on any atom is 0.330 e. The quantitative estimate of drug-likeness (QED) is 0.361. The number of carbonyl (C=O) groups excluding carboxylic acids is 1. The van der Waals surface area contributed by atoms with Gasteiger partial charge in [0.2, 0.25) is 0 Å². The van der Waals surface area contributed by atoms with E-state index in [1.807, 2.05) is 0 Å². The van der Waals surface area contributed by atoms with E-state index >= 15 is 0 Å². The molecule has 0 amide bonds. The molecule has 17 heavy (non-hydrogen) atoms. The van der Waals surface area contributed by atoms with Gasteiger partial charge in [-0.3, -0.25) is 0 Å². The topological polar surface area (TPSA) is 47.6 Å². The molecule has 0 aliphatic rings. The molecule has 0 rings (SSSR count). The maximum absolute atomic E-state index is 10.9. The molecule has 0 aromatic heterocycles. The highest BCUT2D eigenvalue weighted by atomic mass is 16.5. The Balaban J connectivity index is 3.20. The first-order valence-corrected chi connectivity index (χ1v) is 6.28. The highest BCUT2D eigenvalue weighted by Gasteiger charge is 1.94. The van der Waals surface area contributed by atoms with Gasteiger partial charge in [-0.05, 0) is 25.8 Å². The first-order chi connectivity index (χ1) is 8.16. The SMILES string of the molecule is CCOC(=O)/C=C/CNCCCOCC(C)C. The standard InChI is InChI=1S/C13H25NO3/c1-4-17-13(15)7-5-8-14-9-6-10-16-11-12(2)3/h5,7,12,14H,4,6,8-11H2,1-3H3/b7-5+.